The first-order valence-corrected chi connectivity index (χ1v) is 10.6. The Kier molecular flexibility index (Phi) is 6.34. The molecule has 32 heavy (non-hydrogen) atoms. The summed E-state index contributed by atoms with van der Waals surface area (Å²) in [7, 11) is 0. The summed E-state index contributed by atoms with van der Waals surface area (Å²) in [6.45, 7) is 1.78. The second kappa shape index (κ2) is 9.50. The van der Waals surface area contributed by atoms with Gasteiger partial charge in [-0.15, -0.1) is 0 Å². The van der Waals surface area contributed by atoms with Gasteiger partial charge in [0.2, 0.25) is 5.89 Å². The molecule has 4 aromatic rings. The number of nitrogens with zero attached hydrogens (tertiary/aromatic N) is 2. The first kappa shape index (κ1) is 21.3. The van der Waals surface area contributed by atoms with Gasteiger partial charge in [0.1, 0.15) is 22.9 Å². The molecule has 3 aromatic carbocycles. The van der Waals surface area contributed by atoms with Crippen molar-refractivity contribution in [2.24, 2.45) is 0 Å². The number of halogens is 1. The maximum absolute atomic E-state index is 12.3. The molecular formula is C25H18BrN3O3. The van der Waals surface area contributed by atoms with Crippen LogP contribution in [0.3, 0.4) is 0 Å². The second-order valence-electron chi connectivity index (χ2n) is 7.05. The number of allylic oxidation sites excluding steroid dienone is 1. The zero-order valence-electron chi connectivity index (χ0n) is 17.1. The molecule has 6 nitrogen and oxygen atoms in total. The summed E-state index contributed by atoms with van der Waals surface area (Å²) >= 11 is 3.44. The minimum atomic E-state index is -0.284. The van der Waals surface area contributed by atoms with Crippen molar-refractivity contribution in [2.45, 2.75) is 6.92 Å². The minimum absolute atomic E-state index is 0.179. The smallest absolute Gasteiger partial charge is 0.262 e. The average molecular weight is 488 g/mol. The first-order chi connectivity index (χ1) is 15.5. The van der Waals surface area contributed by atoms with Gasteiger partial charge in [-0.05, 0) is 61.0 Å². The van der Waals surface area contributed by atoms with Crippen LogP contribution in [0.1, 0.15) is 17.0 Å². The molecule has 0 radical (unpaired) electrons. The van der Waals surface area contributed by atoms with Crippen LogP contribution in [-0.2, 0) is 4.79 Å². The molecule has 0 aliphatic heterocycles. The van der Waals surface area contributed by atoms with E-state index in [1.807, 2.05) is 49.4 Å². The Balaban J connectivity index is 1.56. The van der Waals surface area contributed by atoms with Crippen LogP contribution in [0.25, 0.3) is 22.7 Å². The molecule has 0 spiro atoms. The van der Waals surface area contributed by atoms with Gasteiger partial charge in [-0.25, -0.2) is 4.98 Å². The van der Waals surface area contributed by atoms with Crippen molar-refractivity contribution in [1.82, 2.24) is 4.98 Å². The third-order valence-electron chi connectivity index (χ3n) is 4.58. The highest BCUT2D eigenvalue weighted by atomic mass is 79.9. The fourth-order valence-electron chi connectivity index (χ4n) is 3.11. The molecule has 0 saturated carbocycles. The van der Waals surface area contributed by atoms with Crippen molar-refractivity contribution in [3.8, 4) is 11.8 Å². The van der Waals surface area contributed by atoms with Crippen LogP contribution >= 0.6 is 15.9 Å². The molecule has 158 valence electrons. The highest BCUT2D eigenvalue weighted by Gasteiger charge is 2.13. The molecule has 0 aliphatic carbocycles. The van der Waals surface area contributed by atoms with Crippen LogP contribution in [0.2, 0.25) is 0 Å². The van der Waals surface area contributed by atoms with Crippen LogP contribution in [0.15, 0.2) is 75.6 Å². The number of hydrogen-bond acceptors (Lipinski definition) is 5. The Morgan fingerprint density at radius 3 is 2.81 bits per heavy atom. The number of ether oxygens (including phenoxy) is 1. The topological polar surface area (TPSA) is 88.1 Å². The zero-order valence-corrected chi connectivity index (χ0v) is 18.7. The molecule has 4 rings (SSSR count). The van der Waals surface area contributed by atoms with Gasteiger partial charge in [0.15, 0.2) is 12.2 Å². The van der Waals surface area contributed by atoms with E-state index in [1.165, 1.54) is 0 Å². The van der Waals surface area contributed by atoms with Gasteiger partial charge >= 0.3 is 0 Å². The highest BCUT2D eigenvalue weighted by Crippen LogP contribution is 2.29. The van der Waals surface area contributed by atoms with E-state index in [9.17, 15) is 10.1 Å². The van der Waals surface area contributed by atoms with Gasteiger partial charge in [0.25, 0.3) is 5.91 Å². The summed E-state index contributed by atoms with van der Waals surface area (Å²) in [6.07, 6.45) is 1.63. The fourth-order valence-corrected chi connectivity index (χ4v) is 3.49. The van der Waals surface area contributed by atoms with Crippen molar-refractivity contribution < 1.29 is 13.9 Å². The van der Waals surface area contributed by atoms with Crippen molar-refractivity contribution in [2.75, 3.05) is 11.9 Å². The summed E-state index contributed by atoms with van der Waals surface area (Å²) < 4.78 is 12.3. The van der Waals surface area contributed by atoms with E-state index in [0.29, 0.717) is 28.1 Å². The molecular weight excluding hydrogens is 470 g/mol. The number of amides is 1. The van der Waals surface area contributed by atoms with Gasteiger partial charge in [-0.2, -0.15) is 5.26 Å². The number of carbonyl (C=O) groups excluding carboxylic acids is 1. The first-order valence-electron chi connectivity index (χ1n) is 9.78. The Morgan fingerprint density at radius 1 is 1.19 bits per heavy atom. The normalized spacial score (nSPS) is 11.2. The number of rotatable bonds is 6. The molecule has 0 unspecified atom stereocenters. The van der Waals surface area contributed by atoms with Gasteiger partial charge in [-0.1, -0.05) is 40.2 Å². The number of anilines is 1. The van der Waals surface area contributed by atoms with Crippen molar-refractivity contribution in [3.63, 3.8) is 0 Å². The van der Waals surface area contributed by atoms with Gasteiger partial charge < -0.3 is 14.5 Å². The van der Waals surface area contributed by atoms with Crippen LogP contribution in [0.5, 0.6) is 5.75 Å². The Hall–Kier alpha value is -3.89. The maximum Gasteiger partial charge on any atom is 0.262 e. The molecule has 1 N–H and O–H groups in total. The number of hydrogen-bond donors (Lipinski definition) is 1. The summed E-state index contributed by atoms with van der Waals surface area (Å²) in [4.78, 5) is 16.7. The molecule has 1 aromatic heterocycles. The fraction of sp³-hybridized carbons (Fsp3) is 0.0800. The Bertz CT molecular complexity index is 1340. The molecule has 0 bridgehead atoms. The molecule has 1 heterocycles. The van der Waals surface area contributed by atoms with Gasteiger partial charge in [0.05, 0.1) is 0 Å². The summed E-state index contributed by atoms with van der Waals surface area (Å²) in [5.41, 5.74) is 3.88. The monoisotopic (exact) mass is 487 g/mol. The molecule has 0 fully saturated rings. The number of aryl methyl sites for hydroxylation is 1. The summed E-state index contributed by atoms with van der Waals surface area (Å²) in [6, 6.07) is 22.3. The van der Waals surface area contributed by atoms with Crippen molar-refractivity contribution >= 4 is 50.3 Å². The van der Waals surface area contributed by atoms with Crippen LogP contribution in [-0.4, -0.2) is 17.5 Å². The van der Waals surface area contributed by atoms with Crippen LogP contribution in [0, 0.1) is 18.3 Å². The number of nitrogens with one attached hydrogen (secondary N) is 1. The molecule has 7 heteroatoms. The predicted molar refractivity (Wildman–Crippen MR) is 127 cm³/mol. The lowest BCUT2D eigenvalue weighted by molar-refractivity contribution is -0.118. The lowest BCUT2D eigenvalue weighted by atomic mass is 10.1. The van der Waals surface area contributed by atoms with Gasteiger partial charge in [0, 0.05) is 15.7 Å². The number of oxazole rings is 1. The number of para-hydroxylation sites is 2. The number of aromatic nitrogens is 1. The minimum Gasteiger partial charge on any atom is -0.483 e. The van der Waals surface area contributed by atoms with E-state index >= 15 is 0 Å². The Labute approximate surface area is 193 Å². The number of benzene rings is 3. The van der Waals surface area contributed by atoms with E-state index in [0.717, 1.165) is 10.0 Å². The SMILES string of the molecule is Cc1cccc(NC(=O)COc2ccc(Br)cc2/C=C(\C#N)c2nc3ccccc3o2)c1. The lowest BCUT2D eigenvalue weighted by Crippen LogP contribution is -2.20. The molecule has 0 aliphatic rings. The summed E-state index contributed by atoms with van der Waals surface area (Å²) in [5.74, 6) is 0.390. The predicted octanol–water partition coefficient (Wildman–Crippen LogP) is 5.98. The third kappa shape index (κ3) is 5.05. The quantitative estimate of drug-likeness (QED) is 0.338. The van der Waals surface area contributed by atoms with E-state index in [-0.39, 0.29) is 24.0 Å². The van der Waals surface area contributed by atoms with Crippen molar-refractivity contribution in [1.29, 1.82) is 5.26 Å². The molecule has 1 amide bonds. The average Bonchev–Trinajstić information content (AvgIpc) is 3.21. The second-order valence-corrected chi connectivity index (χ2v) is 7.96. The number of carbonyl (C=O) groups is 1. The highest BCUT2D eigenvalue weighted by molar-refractivity contribution is 9.10. The third-order valence-corrected chi connectivity index (χ3v) is 5.07. The van der Waals surface area contributed by atoms with E-state index < -0.39 is 0 Å². The van der Waals surface area contributed by atoms with E-state index in [1.54, 1.807) is 30.3 Å². The molecule has 0 atom stereocenters. The largest absolute Gasteiger partial charge is 0.483 e. The van der Waals surface area contributed by atoms with Crippen LogP contribution < -0.4 is 10.1 Å². The van der Waals surface area contributed by atoms with E-state index in [2.05, 4.69) is 32.3 Å². The van der Waals surface area contributed by atoms with Crippen molar-refractivity contribution in [3.05, 3.63) is 88.2 Å². The maximum atomic E-state index is 12.3. The van der Waals surface area contributed by atoms with E-state index in [4.69, 9.17) is 9.15 Å². The summed E-state index contributed by atoms with van der Waals surface area (Å²) in [5, 5.41) is 12.5. The van der Waals surface area contributed by atoms with Gasteiger partial charge in [-0.3, -0.25) is 4.79 Å². The standard InChI is InChI=1S/C25H18BrN3O3/c1-16-5-4-6-20(11-16)28-24(30)15-31-22-10-9-19(26)13-17(22)12-18(14-27)25-29-21-7-2-3-8-23(21)32-25/h2-13H,15H2,1H3,(H,28,30)/b18-12+. The number of nitriles is 1. The molecule has 0 saturated heterocycles. The lowest BCUT2D eigenvalue weighted by Gasteiger charge is -2.11. The Morgan fingerprint density at radius 2 is 2.03 bits per heavy atom. The van der Waals surface area contributed by atoms with Crippen LogP contribution in [0.4, 0.5) is 5.69 Å². The zero-order chi connectivity index (χ0) is 22.5. The number of fused-ring (bicyclic) bond motifs is 1.